The van der Waals surface area contributed by atoms with Crippen molar-refractivity contribution in [1.29, 1.82) is 0 Å². The molecule has 0 radical (unpaired) electrons. The topological polar surface area (TPSA) is 21.6 Å². The molecule has 0 atom stereocenters. The molecule has 0 saturated carbocycles. The molecule has 0 aliphatic carbocycles. The Kier molecular flexibility index (Phi) is 5.20. The van der Waals surface area contributed by atoms with Crippen LogP contribution >= 0.6 is 0 Å². The van der Waals surface area contributed by atoms with Crippen molar-refractivity contribution in [3.05, 3.63) is 107 Å². The maximum absolute atomic E-state index is 6.01. The molecule has 0 spiro atoms. The predicted octanol–water partition coefficient (Wildman–Crippen LogP) is 6.79. The fraction of sp³-hybridized carbons (Fsp3) is 0.115. The Bertz CT molecular complexity index is 1120. The zero-order valence-electron chi connectivity index (χ0n) is 16.2. The molecule has 4 aromatic carbocycles. The van der Waals surface area contributed by atoms with Crippen LogP contribution in [0.5, 0.6) is 5.75 Å². The molecule has 28 heavy (non-hydrogen) atoms. The summed E-state index contributed by atoms with van der Waals surface area (Å²) in [7, 11) is 0. The highest BCUT2D eigenvalue weighted by Gasteiger charge is 2.02. The summed E-state index contributed by atoms with van der Waals surface area (Å²) in [6.45, 7) is 4.73. The molecule has 0 aliphatic heterocycles. The Balaban J connectivity index is 1.44. The van der Waals surface area contributed by atoms with Crippen molar-refractivity contribution in [1.82, 2.24) is 0 Å². The highest BCUT2D eigenvalue weighted by molar-refractivity contribution is 5.85. The van der Waals surface area contributed by atoms with Crippen molar-refractivity contribution in [2.75, 3.05) is 0 Å². The number of fused-ring (bicyclic) bond motifs is 1. The van der Waals surface area contributed by atoms with E-state index in [0.717, 1.165) is 17.0 Å². The van der Waals surface area contributed by atoms with Crippen molar-refractivity contribution in [3.63, 3.8) is 0 Å². The lowest BCUT2D eigenvalue weighted by molar-refractivity contribution is 0.307. The number of hydrogen-bond acceptors (Lipinski definition) is 2. The van der Waals surface area contributed by atoms with Crippen LogP contribution in [0.4, 0.5) is 5.69 Å². The summed E-state index contributed by atoms with van der Waals surface area (Å²) >= 11 is 0. The quantitative estimate of drug-likeness (QED) is 0.357. The molecule has 0 amide bonds. The molecule has 0 bridgehead atoms. The van der Waals surface area contributed by atoms with Gasteiger partial charge in [0.05, 0.1) is 5.69 Å². The lowest BCUT2D eigenvalue weighted by Gasteiger charge is -2.09. The van der Waals surface area contributed by atoms with Crippen molar-refractivity contribution < 1.29 is 4.74 Å². The smallest absolute Gasteiger partial charge is 0.119 e. The lowest BCUT2D eigenvalue weighted by atomic mass is 10.1. The summed E-state index contributed by atoms with van der Waals surface area (Å²) in [6, 6.07) is 29.1. The molecular weight excluding hydrogens is 342 g/mol. The number of hydrogen-bond donors (Lipinski definition) is 0. The maximum atomic E-state index is 6.01. The van der Waals surface area contributed by atoms with E-state index in [-0.39, 0.29) is 0 Å². The Morgan fingerprint density at radius 2 is 1.61 bits per heavy atom. The van der Waals surface area contributed by atoms with Crippen LogP contribution in [0.1, 0.15) is 22.3 Å². The van der Waals surface area contributed by atoms with Crippen LogP contribution < -0.4 is 4.74 Å². The third kappa shape index (κ3) is 4.12. The second-order valence-electron chi connectivity index (χ2n) is 7.04. The molecule has 0 N–H and O–H groups in total. The van der Waals surface area contributed by atoms with Crippen LogP contribution in [0.3, 0.4) is 0 Å². The van der Waals surface area contributed by atoms with E-state index in [1.807, 2.05) is 30.5 Å². The first-order valence-corrected chi connectivity index (χ1v) is 9.50. The summed E-state index contributed by atoms with van der Waals surface area (Å²) in [5.74, 6) is 0.858. The Morgan fingerprint density at radius 3 is 2.43 bits per heavy atom. The minimum Gasteiger partial charge on any atom is -0.489 e. The molecule has 2 nitrogen and oxygen atoms in total. The van der Waals surface area contributed by atoms with E-state index < -0.39 is 0 Å². The first-order chi connectivity index (χ1) is 13.7. The van der Waals surface area contributed by atoms with E-state index in [4.69, 9.17) is 4.74 Å². The van der Waals surface area contributed by atoms with Crippen LogP contribution in [0.2, 0.25) is 0 Å². The maximum Gasteiger partial charge on any atom is 0.119 e. The number of benzene rings is 4. The molecule has 138 valence electrons. The highest BCUT2D eigenvalue weighted by Crippen LogP contribution is 2.22. The molecule has 0 fully saturated rings. The van der Waals surface area contributed by atoms with Crippen LogP contribution in [0.25, 0.3) is 10.8 Å². The largest absolute Gasteiger partial charge is 0.489 e. The van der Waals surface area contributed by atoms with Crippen molar-refractivity contribution in [3.8, 4) is 5.75 Å². The fourth-order valence-electron chi connectivity index (χ4n) is 3.32. The molecule has 0 heterocycles. The minimum atomic E-state index is 0.553. The van der Waals surface area contributed by atoms with Gasteiger partial charge >= 0.3 is 0 Å². The number of ether oxygens (including phenoxy) is 1. The molecule has 0 aliphatic rings. The van der Waals surface area contributed by atoms with Crippen LogP contribution in [0.15, 0.2) is 89.9 Å². The van der Waals surface area contributed by atoms with Gasteiger partial charge in [-0.1, -0.05) is 60.2 Å². The summed E-state index contributed by atoms with van der Waals surface area (Å²) in [4.78, 5) is 4.61. The first-order valence-electron chi connectivity index (χ1n) is 9.50. The molecule has 4 aromatic rings. The van der Waals surface area contributed by atoms with Gasteiger partial charge in [0, 0.05) is 6.21 Å². The number of nitrogens with zero attached hydrogens (tertiary/aromatic N) is 1. The van der Waals surface area contributed by atoms with Gasteiger partial charge in [-0.2, -0.15) is 0 Å². The third-order valence-electron chi connectivity index (χ3n) is 4.86. The summed E-state index contributed by atoms with van der Waals surface area (Å²) in [5, 5.41) is 2.48. The van der Waals surface area contributed by atoms with Crippen LogP contribution in [-0.4, -0.2) is 6.21 Å². The normalized spacial score (nSPS) is 11.2. The van der Waals surface area contributed by atoms with E-state index in [1.54, 1.807) is 0 Å². The minimum absolute atomic E-state index is 0.553. The van der Waals surface area contributed by atoms with Gasteiger partial charge in [0.25, 0.3) is 0 Å². The summed E-state index contributed by atoms with van der Waals surface area (Å²) in [5.41, 5.74) is 5.69. The van der Waals surface area contributed by atoms with Gasteiger partial charge in [0.2, 0.25) is 0 Å². The standard InChI is InChI=1S/C26H23NO/c1-19-10-15-26(20(2)16-19)27-17-21-11-13-24(14-12-21)28-18-23-8-5-7-22-6-3-4-9-25(22)23/h3-17H,18H2,1-2H3. The third-order valence-corrected chi connectivity index (χ3v) is 4.86. The molecule has 2 heteroatoms. The first kappa shape index (κ1) is 18.0. The van der Waals surface area contributed by atoms with E-state index in [0.29, 0.717) is 6.61 Å². The van der Waals surface area contributed by atoms with Crippen molar-refractivity contribution in [2.24, 2.45) is 4.99 Å². The summed E-state index contributed by atoms with van der Waals surface area (Å²) < 4.78 is 6.01. The zero-order valence-corrected chi connectivity index (χ0v) is 16.2. The zero-order chi connectivity index (χ0) is 19.3. The lowest BCUT2D eigenvalue weighted by Crippen LogP contribution is -1.96. The average molecular weight is 365 g/mol. The van der Waals surface area contributed by atoms with Gasteiger partial charge < -0.3 is 4.74 Å². The second-order valence-corrected chi connectivity index (χ2v) is 7.04. The highest BCUT2D eigenvalue weighted by atomic mass is 16.5. The van der Waals surface area contributed by atoms with Gasteiger partial charge in [-0.25, -0.2) is 0 Å². The van der Waals surface area contributed by atoms with E-state index in [2.05, 4.69) is 79.5 Å². The van der Waals surface area contributed by atoms with Gasteiger partial charge in [0.1, 0.15) is 12.4 Å². The second kappa shape index (κ2) is 8.10. The molecule has 4 rings (SSSR count). The van der Waals surface area contributed by atoms with Gasteiger partial charge in [0.15, 0.2) is 0 Å². The van der Waals surface area contributed by atoms with E-state index >= 15 is 0 Å². The number of aliphatic imine (C=N–C) groups is 1. The number of rotatable bonds is 5. The van der Waals surface area contributed by atoms with Crippen molar-refractivity contribution >= 4 is 22.7 Å². The Hall–Kier alpha value is -3.39. The molecule has 0 aromatic heterocycles. The Labute approximate surface area is 166 Å². The van der Waals surface area contributed by atoms with Crippen LogP contribution in [-0.2, 0) is 6.61 Å². The van der Waals surface area contributed by atoms with Crippen LogP contribution in [0, 0.1) is 13.8 Å². The van der Waals surface area contributed by atoms with Gasteiger partial charge in [-0.15, -0.1) is 0 Å². The van der Waals surface area contributed by atoms with Crippen molar-refractivity contribution in [2.45, 2.75) is 20.5 Å². The molecular formula is C26H23NO. The number of aryl methyl sites for hydroxylation is 2. The Morgan fingerprint density at radius 1 is 0.821 bits per heavy atom. The van der Waals surface area contributed by atoms with E-state index in [1.165, 1.54) is 27.5 Å². The monoisotopic (exact) mass is 365 g/mol. The van der Waals surface area contributed by atoms with E-state index in [9.17, 15) is 0 Å². The predicted molar refractivity (Wildman–Crippen MR) is 118 cm³/mol. The van der Waals surface area contributed by atoms with Gasteiger partial charge in [-0.05, 0) is 71.6 Å². The SMILES string of the molecule is Cc1ccc(N=Cc2ccc(OCc3cccc4ccccc34)cc2)c(C)c1. The molecule has 0 unspecified atom stereocenters. The summed E-state index contributed by atoms with van der Waals surface area (Å²) in [6.07, 6.45) is 1.89. The average Bonchev–Trinajstić information content (AvgIpc) is 2.72. The van der Waals surface area contributed by atoms with Gasteiger partial charge in [-0.3, -0.25) is 4.99 Å². The fourth-order valence-corrected chi connectivity index (χ4v) is 3.32. The molecule has 0 saturated heterocycles.